The molecule has 0 rings (SSSR count). The van der Waals surface area contributed by atoms with Crippen LogP contribution in [0.25, 0.3) is 0 Å². The van der Waals surface area contributed by atoms with Crippen molar-refractivity contribution in [2.75, 3.05) is 7.11 Å². The van der Waals surface area contributed by atoms with E-state index in [0.29, 0.717) is 12.8 Å². The standard InChI is InChI=1S/C16H26O3/c1-3-4-5-6-7-8-9-12-15(17)13-10-11-14-16(18)19-2/h4-5,7-9,12,15,17H,3,6,10-11,13-14H2,1-2H3. The SMILES string of the molecule is CCC=CCC=CC=CC(O)CCCCC(=O)OC. The molecule has 3 nitrogen and oxygen atoms in total. The molecule has 0 amide bonds. The summed E-state index contributed by atoms with van der Waals surface area (Å²) in [6.07, 6.45) is 16.1. The number of unbranched alkanes of at least 4 members (excludes halogenated alkanes) is 1. The number of carbonyl (C=O) groups is 1. The zero-order valence-corrected chi connectivity index (χ0v) is 12.0. The topological polar surface area (TPSA) is 46.5 Å². The monoisotopic (exact) mass is 266 g/mol. The first-order valence-electron chi connectivity index (χ1n) is 6.94. The molecule has 1 atom stereocenters. The fourth-order valence-corrected chi connectivity index (χ4v) is 1.51. The Hall–Kier alpha value is -1.35. The number of aliphatic hydroxyl groups is 1. The van der Waals surface area contributed by atoms with Crippen molar-refractivity contribution in [1.29, 1.82) is 0 Å². The molecule has 0 aromatic heterocycles. The maximum atomic E-state index is 10.9. The van der Waals surface area contributed by atoms with Crippen LogP contribution in [-0.2, 0) is 9.53 Å². The molecular weight excluding hydrogens is 240 g/mol. The van der Waals surface area contributed by atoms with Gasteiger partial charge in [-0.2, -0.15) is 0 Å². The van der Waals surface area contributed by atoms with E-state index in [4.69, 9.17) is 0 Å². The summed E-state index contributed by atoms with van der Waals surface area (Å²) in [6.45, 7) is 2.11. The second-order valence-electron chi connectivity index (χ2n) is 4.32. The van der Waals surface area contributed by atoms with Gasteiger partial charge in [0.15, 0.2) is 0 Å². The molecule has 1 unspecified atom stereocenters. The van der Waals surface area contributed by atoms with Crippen LogP contribution in [0, 0.1) is 0 Å². The number of esters is 1. The van der Waals surface area contributed by atoms with Crippen LogP contribution in [0.15, 0.2) is 36.5 Å². The zero-order valence-electron chi connectivity index (χ0n) is 12.0. The van der Waals surface area contributed by atoms with Gasteiger partial charge in [-0.05, 0) is 32.1 Å². The number of ether oxygens (including phenoxy) is 1. The smallest absolute Gasteiger partial charge is 0.305 e. The molecule has 0 bridgehead atoms. The molecule has 0 saturated carbocycles. The van der Waals surface area contributed by atoms with Crippen LogP contribution in [0.4, 0.5) is 0 Å². The van der Waals surface area contributed by atoms with Gasteiger partial charge in [0.1, 0.15) is 0 Å². The van der Waals surface area contributed by atoms with Gasteiger partial charge in [-0.1, -0.05) is 43.4 Å². The summed E-state index contributed by atoms with van der Waals surface area (Å²) >= 11 is 0. The van der Waals surface area contributed by atoms with Gasteiger partial charge in [-0.15, -0.1) is 0 Å². The van der Waals surface area contributed by atoms with E-state index in [0.717, 1.165) is 25.7 Å². The predicted molar refractivity (Wildman–Crippen MR) is 78.8 cm³/mol. The number of rotatable bonds is 10. The van der Waals surface area contributed by atoms with Crippen LogP contribution in [0.5, 0.6) is 0 Å². The minimum absolute atomic E-state index is 0.187. The van der Waals surface area contributed by atoms with Crippen molar-refractivity contribution < 1.29 is 14.6 Å². The second kappa shape index (κ2) is 13.1. The van der Waals surface area contributed by atoms with Crippen LogP contribution >= 0.6 is 0 Å². The highest BCUT2D eigenvalue weighted by atomic mass is 16.5. The summed E-state index contributed by atoms with van der Waals surface area (Å²) in [5.74, 6) is -0.187. The molecule has 108 valence electrons. The lowest BCUT2D eigenvalue weighted by atomic mass is 10.1. The molecule has 0 heterocycles. The first-order chi connectivity index (χ1) is 9.20. The van der Waals surface area contributed by atoms with Gasteiger partial charge in [-0.25, -0.2) is 0 Å². The van der Waals surface area contributed by atoms with Crippen LogP contribution < -0.4 is 0 Å². The van der Waals surface area contributed by atoms with Crippen molar-refractivity contribution in [2.45, 2.75) is 51.6 Å². The summed E-state index contributed by atoms with van der Waals surface area (Å²) in [6, 6.07) is 0. The molecular formula is C16H26O3. The molecule has 0 aliphatic heterocycles. The lowest BCUT2D eigenvalue weighted by Gasteiger charge is -2.04. The van der Waals surface area contributed by atoms with E-state index in [1.807, 2.05) is 18.2 Å². The molecule has 1 N–H and O–H groups in total. The average Bonchev–Trinajstić information content (AvgIpc) is 2.42. The van der Waals surface area contributed by atoms with E-state index in [2.05, 4.69) is 23.8 Å². The van der Waals surface area contributed by atoms with Crippen molar-refractivity contribution in [1.82, 2.24) is 0 Å². The van der Waals surface area contributed by atoms with E-state index >= 15 is 0 Å². The minimum Gasteiger partial charge on any atom is -0.469 e. The van der Waals surface area contributed by atoms with E-state index in [-0.39, 0.29) is 5.97 Å². The lowest BCUT2D eigenvalue weighted by molar-refractivity contribution is -0.140. The van der Waals surface area contributed by atoms with E-state index in [1.165, 1.54) is 7.11 Å². The third-order valence-electron chi connectivity index (χ3n) is 2.61. The highest BCUT2D eigenvalue weighted by Gasteiger charge is 2.02. The third kappa shape index (κ3) is 12.9. The summed E-state index contributed by atoms with van der Waals surface area (Å²) in [5, 5.41) is 9.66. The van der Waals surface area contributed by atoms with Gasteiger partial charge in [0.05, 0.1) is 13.2 Å². The Kier molecular flexibility index (Phi) is 12.2. The van der Waals surface area contributed by atoms with E-state index in [1.54, 1.807) is 6.08 Å². The maximum Gasteiger partial charge on any atom is 0.305 e. The summed E-state index contributed by atoms with van der Waals surface area (Å²) in [7, 11) is 1.39. The van der Waals surface area contributed by atoms with Crippen LogP contribution in [-0.4, -0.2) is 24.3 Å². The fourth-order valence-electron chi connectivity index (χ4n) is 1.51. The Balaban J connectivity index is 3.59. The molecule has 0 radical (unpaired) electrons. The molecule has 0 aliphatic carbocycles. The van der Waals surface area contributed by atoms with Crippen LogP contribution in [0.3, 0.4) is 0 Å². The highest BCUT2D eigenvalue weighted by Crippen LogP contribution is 2.05. The molecule has 19 heavy (non-hydrogen) atoms. The third-order valence-corrected chi connectivity index (χ3v) is 2.61. The Morgan fingerprint density at radius 3 is 2.68 bits per heavy atom. The largest absolute Gasteiger partial charge is 0.469 e. The number of methoxy groups -OCH3 is 1. The van der Waals surface area contributed by atoms with Gasteiger partial charge in [0, 0.05) is 6.42 Å². The Morgan fingerprint density at radius 1 is 1.21 bits per heavy atom. The molecule has 0 aliphatic rings. The summed E-state index contributed by atoms with van der Waals surface area (Å²) < 4.78 is 4.55. The second-order valence-corrected chi connectivity index (χ2v) is 4.32. The van der Waals surface area contributed by atoms with Crippen molar-refractivity contribution in [3.8, 4) is 0 Å². The summed E-state index contributed by atoms with van der Waals surface area (Å²) in [5.41, 5.74) is 0. The first kappa shape index (κ1) is 17.6. The average molecular weight is 266 g/mol. The van der Waals surface area contributed by atoms with Gasteiger partial charge in [-0.3, -0.25) is 4.79 Å². The van der Waals surface area contributed by atoms with Crippen molar-refractivity contribution in [3.05, 3.63) is 36.5 Å². The lowest BCUT2D eigenvalue weighted by Crippen LogP contribution is -2.03. The number of hydrogen-bond donors (Lipinski definition) is 1. The van der Waals surface area contributed by atoms with Gasteiger partial charge in [0.2, 0.25) is 0 Å². The predicted octanol–water partition coefficient (Wildman–Crippen LogP) is 3.55. The van der Waals surface area contributed by atoms with Crippen LogP contribution in [0.2, 0.25) is 0 Å². The van der Waals surface area contributed by atoms with Crippen molar-refractivity contribution in [3.63, 3.8) is 0 Å². The van der Waals surface area contributed by atoms with Gasteiger partial charge < -0.3 is 9.84 Å². The molecule has 0 aromatic carbocycles. The van der Waals surface area contributed by atoms with Gasteiger partial charge in [0.25, 0.3) is 0 Å². The Labute approximate surface area is 116 Å². The number of aliphatic hydroxyl groups excluding tert-OH is 1. The Bertz CT molecular complexity index is 303. The molecule has 0 fully saturated rings. The minimum atomic E-state index is -0.437. The Morgan fingerprint density at radius 2 is 2.00 bits per heavy atom. The normalized spacial score (nSPS) is 13.6. The molecule has 0 spiro atoms. The molecule has 0 aromatic rings. The fraction of sp³-hybridized carbons (Fsp3) is 0.562. The zero-order chi connectivity index (χ0) is 14.3. The first-order valence-corrected chi connectivity index (χ1v) is 6.94. The number of hydrogen-bond acceptors (Lipinski definition) is 3. The van der Waals surface area contributed by atoms with Crippen molar-refractivity contribution in [2.24, 2.45) is 0 Å². The van der Waals surface area contributed by atoms with Crippen LogP contribution in [0.1, 0.15) is 45.4 Å². The maximum absolute atomic E-state index is 10.9. The summed E-state index contributed by atoms with van der Waals surface area (Å²) in [4.78, 5) is 10.9. The van der Waals surface area contributed by atoms with E-state index < -0.39 is 6.10 Å². The number of allylic oxidation sites excluding steroid dienone is 5. The molecule has 0 saturated heterocycles. The highest BCUT2D eigenvalue weighted by molar-refractivity contribution is 5.68. The van der Waals surface area contributed by atoms with E-state index in [9.17, 15) is 9.90 Å². The quantitative estimate of drug-likeness (QED) is 0.285. The number of carbonyl (C=O) groups excluding carboxylic acids is 1. The molecule has 3 heteroatoms. The van der Waals surface area contributed by atoms with Crippen molar-refractivity contribution >= 4 is 5.97 Å². The van der Waals surface area contributed by atoms with Gasteiger partial charge >= 0.3 is 5.97 Å².